The standard InChI is InChI=1S/C23H32N4/c1-25-14-11-24-22(25)17-26-12-9-23(10-13-26)15-20(19-5-3-2-4-6-19)16-27(18-23)21-7-8-21/h2-6,11,14,20-21H,7-10,12-13,15-18H2,1H3/t20-/m1/s1. The first-order valence-electron chi connectivity index (χ1n) is 10.7. The maximum atomic E-state index is 4.52. The van der Waals surface area contributed by atoms with Crippen molar-refractivity contribution in [1.29, 1.82) is 0 Å². The topological polar surface area (TPSA) is 24.3 Å². The van der Waals surface area contributed by atoms with E-state index in [0.717, 1.165) is 12.6 Å². The average molecular weight is 365 g/mol. The highest BCUT2D eigenvalue weighted by Gasteiger charge is 2.45. The van der Waals surface area contributed by atoms with Crippen molar-refractivity contribution in [2.45, 2.75) is 50.6 Å². The Kier molecular flexibility index (Phi) is 4.57. The molecule has 4 nitrogen and oxygen atoms in total. The van der Waals surface area contributed by atoms with E-state index in [1.54, 1.807) is 5.56 Å². The van der Waals surface area contributed by atoms with E-state index < -0.39 is 0 Å². The van der Waals surface area contributed by atoms with Gasteiger partial charge in [-0.15, -0.1) is 0 Å². The normalized spacial score (nSPS) is 26.5. The van der Waals surface area contributed by atoms with Crippen LogP contribution in [-0.2, 0) is 13.6 Å². The smallest absolute Gasteiger partial charge is 0.122 e. The summed E-state index contributed by atoms with van der Waals surface area (Å²) in [5.74, 6) is 1.90. The lowest BCUT2D eigenvalue weighted by molar-refractivity contribution is 0.00756. The fraction of sp³-hybridized carbons (Fsp3) is 0.609. The molecule has 4 heteroatoms. The molecule has 0 amide bonds. The first kappa shape index (κ1) is 17.4. The summed E-state index contributed by atoms with van der Waals surface area (Å²) in [5, 5.41) is 0. The van der Waals surface area contributed by atoms with Crippen molar-refractivity contribution in [2.24, 2.45) is 12.5 Å². The predicted octanol–water partition coefficient (Wildman–Crippen LogP) is 3.65. The van der Waals surface area contributed by atoms with Gasteiger partial charge in [0.15, 0.2) is 0 Å². The van der Waals surface area contributed by atoms with Gasteiger partial charge < -0.3 is 4.57 Å². The Balaban J connectivity index is 1.29. The predicted molar refractivity (Wildman–Crippen MR) is 109 cm³/mol. The molecule has 0 bridgehead atoms. The number of hydrogen-bond donors (Lipinski definition) is 0. The molecular weight excluding hydrogens is 332 g/mol. The van der Waals surface area contributed by atoms with E-state index in [1.165, 1.54) is 64.1 Å². The van der Waals surface area contributed by atoms with Gasteiger partial charge in [-0.1, -0.05) is 30.3 Å². The molecule has 1 aliphatic carbocycles. The first-order valence-corrected chi connectivity index (χ1v) is 10.7. The molecule has 0 radical (unpaired) electrons. The maximum absolute atomic E-state index is 4.52. The highest BCUT2D eigenvalue weighted by Crippen LogP contribution is 2.47. The summed E-state index contributed by atoms with van der Waals surface area (Å²) in [6.07, 6.45) is 10.9. The van der Waals surface area contributed by atoms with Crippen LogP contribution in [0.2, 0.25) is 0 Å². The zero-order valence-electron chi connectivity index (χ0n) is 16.6. The number of rotatable bonds is 4. The number of likely N-dealkylation sites (tertiary alicyclic amines) is 2. The summed E-state index contributed by atoms with van der Waals surface area (Å²) in [5.41, 5.74) is 2.07. The van der Waals surface area contributed by atoms with Gasteiger partial charge in [0.25, 0.3) is 0 Å². The Bertz CT molecular complexity index is 756. The van der Waals surface area contributed by atoms with Crippen LogP contribution >= 0.6 is 0 Å². The van der Waals surface area contributed by atoms with Gasteiger partial charge in [-0.2, -0.15) is 0 Å². The zero-order valence-corrected chi connectivity index (χ0v) is 16.6. The summed E-state index contributed by atoms with van der Waals surface area (Å²) < 4.78 is 2.16. The zero-order chi connectivity index (χ0) is 18.3. The molecule has 27 heavy (non-hydrogen) atoms. The SMILES string of the molecule is Cn1ccnc1CN1CCC2(CC1)C[C@@H](c1ccccc1)CN(C1CC1)C2. The second-order valence-electron chi connectivity index (χ2n) is 9.20. The lowest BCUT2D eigenvalue weighted by Crippen LogP contribution is -2.52. The molecule has 1 spiro atoms. The van der Waals surface area contributed by atoms with E-state index in [1.807, 2.05) is 6.20 Å². The van der Waals surface area contributed by atoms with Crippen molar-refractivity contribution in [3.05, 3.63) is 54.1 Å². The van der Waals surface area contributed by atoms with E-state index in [9.17, 15) is 0 Å². The second kappa shape index (κ2) is 7.06. The molecule has 2 aliphatic heterocycles. The van der Waals surface area contributed by atoms with Crippen LogP contribution in [0.1, 0.15) is 49.4 Å². The van der Waals surface area contributed by atoms with Crippen LogP contribution in [0.15, 0.2) is 42.7 Å². The maximum Gasteiger partial charge on any atom is 0.122 e. The summed E-state index contributed by atoms with van der Waals surface area (Å²) in [6.45, 7) is 6.03. The van der Waals surface area contributed by atoms with Crippen molar-refractivity contribution in [3.63, 3.8) is 0 Å². The number of piperidine rings is 2. The molecule has 1 aromatic heterocycles. The van der Waals surface area contributed by atoms with Gasteiger partial charge in [-0.05, 0) is 62.1 Å². The third kappa shape index (κ3) is 3.70. The third-order valence-corrected chi connectivity index (χ3v) is 7.21. The lowest BCUT2D eigenvalue weighted by atomic mass is 9.68. The average Bonchev–Trinajstić information content (AvgIpc) is 3.48. The number of aromatic nitrogens is 2. The van der Waals surface area contributed by atoms with Crippen molar-refractivity contribution < 1.29 is 0 Å². The van der Waals surface area contributed by atoms with Gasteiger partial charge in [0, 0.05) is 38.6 Å². The van der Waals surface area contributed by atoms with Crippen molar-refractivity contribution >= 4 is 0 Å². The molecule has 1 atom stereocenters. The first-order chi connectivity index (χ1) is 13.2. The number of hydrogen-bond acceptors (Lipinski definition) is 3. The van der Waals surface area contributed by atoms with Gasteiger partial charge in [-0.25, -0.2) is 4.98 Å². The molecule has 144 valence electrons. The van der Waals surface area contributed by atoms with Crippen molar-refractivity contribution in [3.8, 4) is 0 Å². The van der Waals surface area contributed by atoms with Gasteiger partial charge in [0.2, 0.25) is 0 Å². The number of nitrogens with zero attached hydrogens (tertiary/aromatic N) is 4. The van der Waals surface area contributed by atoms with Crippen LogP contribution in [0.25, 0.3) is 0 Å². The second-order valence-corrected chi connectivity index (χ2v) is 9.20. The number of benzene rings is 1. The minimum Gasteiger partial charge on any atom is -0.337 e. The van der Waals surface area contributed by atoms with E-state index in [0.29, 0.717) is 11.3 Å². The summed E-state index contributed by atoms with van der Waals surface area (Å²) >= 11 is 0. The molecule has 3 fully saturated rings. The van der Waals surface area contributed by atoms with Crippen LogP contribution in [0.4, 0.5) is 0 Å². The highest BCUT2D eigenvalue weighted by molar-refractivity contribution is 5.22. The molecule has 1 saturated carbocycles. The van der Waals surface area contributed by atoms with Crippen LogP contribution in [0, 0.1) is 5.41 Å². The Morgan fingerprint density at radius 2 is 1.89 bits per heavy atom. The molecule has 2 saturated heterocycles. The Morgan fingerprint density at radius 1 is 1.11 bits per heavy atom. The molecule has 3 aliphatic rings. The third-order valence-electron chi connectivity index (χ3n) is 7.21. The van der Waals surface area contributed by atoms with Crippen LogP contribution in [0.5, 0.6) is 0 Å². The van der Waals surface area contributed by atoms with Crippen LogP contribution < -0.4 is 0 Å². The molecule has 3 heterocycles. The van der Waals surface area contributed by atoms with Crippen LogP contribution in [-0.4, -0.2) is 51.6 Å². The Labute approximate surface area is 163 Å². The minimum absolute atomic E-state index is 0.513. The van der Waals surface area contributed by atoms with E-state index in [2.05, 4.69) is 62.9 Å². The van der Waals surface area contributed by atoms with E-state index in [-0.39, 0.29) is 0 Å². The fourth-order valence-electron chi connectivity index (χ4n) is 5.39. The molecule has 5 rings (SSSR count). The lowest BCUT2D eigenvalue weighted by Gasteiger charge is -2.50. The van der Waals surface area contributed by atoms with Crippen molar-refractivity contribution in [2.75, 3.05) is 26.2 Å². The molecule has 0 N–H and O–H groups in total. The summed E-state index contributed by atoms with van der Waals surface area (Å²) in [7, 11) is 2.10. The van der Waals surface area contributed by atoms with E-state index in [4.69, 9.17) is 0 Å². The Morgan fingerprint density at radius 3 is 2.56 bits per heavy atom. The van der Waals surface area contributed by atoms with Gasteiger partial charge in [-0.3, -0.25) is 9.80 Å². The molecule has 2 aromatic rings. The molecule has 1 aromatic carbocycles. The largest absolute Gasteiger partial charge is 0.337 e. The molecule has 0 unspecified atom stereocenters. The number of aryl methyl sites for hydroxylation is 1. The quantitative estimate of drug-likeness (QED) is 0.828. The molecular formula is C23H32N4. The van der Waals surface area contributed by atoms with Crippen molar-refractivity contribution in [1.82, 2.24) is 19.4 Å². The highest BCUT2D eigenvalue weighted by atomic mass is 15.2. The fourth-order valence-corrected chi connectivity index (χ4v) is 5.39. The van der Waals surface area contributed by atoms with E-state index >= 15 is 0 Å². The summed E-state index contributed by atoms with van der Waals surface area (Å²) in [4.78, 5) is 9.98. The minimum atomic E-state index is 0.513. The monoisotopic (exact) mass is 364 g/mol. The Hall–Kier alpha value is -1.65. The van der Waals surface area contributed by atoms with Gasteiger partial charge >= 0.3 is 0 Å². The van der Waals surface area contributed by atoms with Crippen LogP contribution in [0.3, 0.4) is 0 Å². The summed E-state index contributed by atoms with van der Waals surface area (Å²) in [6, 6.07) is 12.2. The number of imidazole rings is 1. The van der Waals surface area contributed by atoms with Gasteiger partial charge in [0.05, 0.1) is 6.54 Å². The van der Waals surface area contributed by atoms with Gasteiger partial charge in [0.1, 0.15) is 5.82 Å².